The van der Waals surface area contributed by atoms with Crippen LogP contribution in [-0.2, 0) is 0 Å². The first-order chi connectivity index (χ1) is 4.97. The molecule has 0 radical (unpaired) electrons. The third-order valence-corrected chi connectivity index (χ3v) is 2.86. The van der Waals surface area contributed by atoms with Crippen molar-refractivity contribution in [3.63, 3.8) is 0 Å². The van der Waals surface area contributed by atoms with Gasteiger partial charge in [0.25, 0.3) is 0 Å². The number of rotatable bonds is 0. The summed E-state index contributed by atoms with van der Waals surface area (Å²) >= 11 is 1.96. The van der Waals surface area contributed by atoms with E-state index in [2.05, 4.69) is 29.3 Å². The standard InChI is InChI=1S/C8H9NS/c1-2-4-8-7(3-1)9-5-6-10-8/h1-5,7-8H,6H2. The van der Waals surface area contributed by atoms with Gasteiger partial charge in [-0.2, -0.15) is 0 Å². The van der Waals surface area contributed by atoms with Crippen LogP contribution < -0.4 is 0 Å². The molecule has 1 nitrogen and oxygen atoms in total. The Morgan fingerprint density at radius 3 is 3.10 bits per heavy atom. The summed E-state index contributed by atoms with van der Waals surface area (Å²) in [6.07, 6.45) is 10.6. The first-order valence-electron chi connectivity index (χ1n) is 3.45. The van der Waals surface area contributed by atoms with Crippen LogP contribution in [0.4, 0.5) is 0 Å². The highest BCUT2D eigenvalue weighted by Crippen LogP contribution is 2.24. The average Bonchev–Trinajstić information content (AvgIpc) is 2.05. The molecule has 2 atom stereocenters. The minimum Gasteiger partial charge on any atom is -0.288 e. The van der Waals surface area contributed by atoms with Crippen molar-refractivity contribution in [3.8, 4) is 0 Å². The van der Waals surface area contributed by atoms with Gasteiger partial charge in [0.05, 0.1) is 6.04 Å². The Labute approximate surface area is 64.9 Å². The molecule has 0 aromatic rings. The Bertz CT molecular complexity index is 205. The largest absolute Gasteiger partial charge is 0.288 e. The van der Waals surface area contributed by atoms with Gasteiger partial charge in [0, 0.05) is 17.2 Å². The molecule has 2 unspecified atom stereocenters. The normalized spacial score (nSPS) is 36.0. The molecule has 0 N–H and O–H groups in total. The topological polar surface area (TPSA) is 12.4 Å². The Balaban J connectivity index is 2.21. The zero-order chi connectivity index (χ0) is 6.81. The number of fused-ring (bicyclic) bond motifs is 1. The Hall–Kier alpha value is -0.500. The van der Waals surface area contributed by atoms with E-state index in [1.165, 1.54) is 0 Å². The highest BCUT2D eigenvalue weighted by atomic mass is 32.2. The van der Waals surface area contributed by atoms with E-state index in [4.69, 9.17) is 0 Å². The van der Waals surface area contributed by atoms with E-state index < -0.39 is 0 Å². The second kappa shape index (κ2) is 2.62. The molecule has 1 aliphatic carbocycles. The van der Waals surface area contributed by atoms with Gasteiger partial charge in [-0.3, -0.25) is 4.99 Å². The van der Waals surface area contributed by atoms with Crippen molar-refractivity contribution in [2.45, 2.75) is 11.3 Å². The number of nitrogens with zero attached hydrogens (tertiary/aromatic N) is 1. The van der Waals surface area contributed by atoms with E-state index in [0.29, 0.717) is 11.3 Å². The molecule has 0 aromatic heterocycles. The van der Waals surface area contributed by atoms with Crippen LogP contribution in [0.2, 0.25) is 0 Å². The highest BCUT2D eigenvalue weighted by molar-refractivity contribution is 8.00. The number of thioether (sulfide) groups is 1. The van der Waals surface area contributed by atoms with Gasteiger partial charge in [-0.25, -0.2) is 0 Å². The highest BCUT2D eigenvalue weighted by Gasteiger charge is 2.19. The van der Waals surface area contributed by atoms with Crippen LogP contribution in [0.3, 0.4) is 0 Å². The average molecular weight is 151 g/mol. The van der Waals surface area contributed by atoms with E-state index in [0.717, 1.165) is 5.75 Å². The summed E-state index contributed by atoms with van der Waals surface area (Å²) in [6.45, 7) is 0. The van der Waals surface area contributed by atoms with Crippen molar-refractivity contribution < 1.29 is 0 Å². The van der Waals surface area contributed by atoms with Gasteiger partial charge in [-0.1, -0.05) is 24.3 Å². The number of hydrogen-bond acceptors (Lipinski definition) is 2. The van der Waals surface area contributed by atoms with Gasteiger partial charge in [0.15, 0.2) is 0 Å². The lowest BCUT2D eigenvalue weighted by Gasteiger charge is -2.22. The number of hydrogen-bond donors (Lipinski definition) is 0. The fourth-order valence-corrected chi connectivity index (χ4v) is 2.14. The van der Waals surface area contributed by atoms with Gasteiger partial charge in [-0.05, 0) is 0 Å². The Kier molecular flexibility index (Phi) is 1.63. The van der Waals surface area contributed by atoms with Crippen LogP contribution in [0.25, 0.3) is 0 Å². The van der Waals surface area contributed by atoms with E-state index in [-0.39, 0.29) is 0 Å². The molecule has 2 aliphatic rings. The predicted molar refractivity (Wildman–Crippen MR) is 46.8 cm³/mol. The second-order valence-corrected chi connectivity index (χ2v) is 3.60. The minimum atomic E-state index is 0.420. The zero-order valence-electron chi connectivity index (χ0n) is 5.60. The van der Waals surface area contributed by atoms with Crippen molar-refractivity contribution >= 4 is 18.0 Å². The van der Waals surface area contributed by atoms with Crippen LogP contribution in [0.5, 0.6) is 0 Å². The van der Waals surface area contributed by atoms with Crippen LogP contribution in [-0.4, -0.2) is 23.3 Å². The molecule has 10 heavy (non-hydrogen) atoms. The lowest BCUT2D eigenvalue weighted by Crippen LogP contribution is -2.23. The van der Waals surface area contributed by atoms with Crippen molar-refractivity contribution in [2.24, 2.45) is 4.99 Å². The number of aliphatic imine (C=N–C) groups is 1. The molecule has 0 saturated carbocycles. The van der Waals surface area contributed by atoms with Crippen LogP contribution in [0, 0.1) is 0 Å². The smallest absolute Gasteiger partial charge is 0.0833 e. The predicted octanol–water partition coefficient (Wildman–Crippen LogP) is 1.67. The molecule has 2 heteroatoms. The summed E-state index contributed by atoms with van der Waals surface area (Å²) in [6, 6.07) is 0.420. The van der Waals surface area contributed by atoms with E-state index in [9.17, 15) is 0 Å². The summed E-state index contributed by atoms with van der Waals surface area (Å²) in [7, 11) is 0. The third-order valence-electron chi connectivity index (χ3n) is 1.70. The van der Waals surface area contributed by atoms with Gasteiger partial charge < -0.3 is 0 Å². The van der Waals surface area contributed by atoms with Gasteiger partial charge in [0.1, 0.15) is 0 Å². The molecule has 1 heterocycles. The lowest BCUT2D eigenvalue weighted by atomic mass is 10.1. The summed E-state index contributed by atoms with van der Waals surface area (Å²) < 4.78 is 0. The van der Waals surface area contributed by atoms with Gasteiger partial charge in [0.2, 0.25) is 0 Å². The van der Waals surface area contributed by atoms with E-state index >= 15 is 0 Å². The van der Waals surface area contributed by atoms with Crippen molar-refractivity contribution in [3.05, 3.63) is 24.3 Å². The zero-order valence-corrected chi connectivity index (χ0v) is 6.42. The maximum Gasteiger partial charge on any atom is 0.0833 e. The fourth-order valence-electron chi connectivity index (χ4n) is 1.18. The van der Waals surface area contributed by atoms with Crippen LogP contribution in [0.15, 0.2) is 29.3 Å². The molecule has 0 spiro atoms. The molecule has 0 fully saturated rings. The number of allylic oxidation sites excluding steroid dienone is 2. The maximum atomic E-state index is 4.37. The fraction of sp³-hybridized carbons (Fsp3) is 0.375. The minimum absolute atomic E-state index is 0.420. The molecular weight excluding hydrogens is 142 g/mol. The van der Waals surface area contributed by atoms with E-state index in [1.54, 1.807) is 0 Å². The second-order valence-electron chi connectivity index (χ2n) is 2.39. The first-order valence-corrected chi connectivity index (χ1v) is 4.50. The quantitative estimate of drug-likeness (QED) is 0.513. The van der Waals surface area contributed by atoms with Crippen molar-refractivity contribution in [1.29, 1.82) is 0 Å². The molecule has 0 amide bonds. The molecule has 0 aromatic carbocycles. The van der Waals surface area contributed by atoms with Gasteiger partial charge >= 0.3 is 0 Å². The molecule has 52 valence electrons. The molecule has 0 bridgehead atoms. The van der Waals surface area contributed by atoms with Crippen molar-refractivity contribution in [2.75, 3.05) is 5.75 Å². The SMILES string of the molecule is C1=CC2N=CCSC2C=C1. The summed E-state index contributed by atoms with van der Waals surface area (Å²) in [4.78, 5) is 4.37. The maximum absolute atomic E-state index is 4.37. The lowest BCUT2D eigenvalue weighted by molar-refractivity contribution is 0.840. The summed E-state index contributed by atoms with van der Waals surface area (Å²) in [5, 5.41) is 0.606. The third kappa shape index (κ3) is 1.03. The molecule has 2 rings (SSSR count). The molecule has 0 saturated heterocycles. The Morgan fingerprint density at radius 2 is 2.20 bits per heavy atom. The first kappa shape index (κ1) is 6.23. The van der Waals surface area contributed by atoms with Crippen LogP contribution in [0.1, 0.15) is 0 Å². The monoisotopic (exact) mass is 151 g/mol. The van der Waals surface area contributed by atoms with Crippen molar-refractivity contribution in [1.82, 2.24) is 0 Å². The Morgan fingerprint density at radius 1 is 1.30 bits per heavy atom. The molecular formula is C8H9NS. The summed E-state index contributed by atoms with van der Waals surface area (Å²) in [5.74, 6) is 1.07. The van der Waals surface area contributed by atoms with Crippen LogP contribution >= 0.6 is 11.8 Å². The van der Waals surface area contributed by atoms with E-state index in [1.807, 2.05) is 18.0 Å². The molecule has 1 aliphatic heterocycles. The van der Waals surface area contributed by atoms with Gasteiger partial charge in [-0.15, -0.1) is 11.8 Å². The summed E-state index contributed by atoms with van der Waals surface area (Å²) in [5.41, 5.74) is 0.